The Balaban J connectivity index is 2.07. The number of para-hydroxylation sites is 1. The van der Waals surface area contributed by atoms with E-state index in [9.17, 15) is 10.1 Å². The highest BCUT2D eigenvalue weighted by Gasteiger charge is 2.21. The Bertz CT molecular complexity index is 422. The van der Waals surface area contributed by atoms with Gasteiger partial charge in [-0.25, -0.2) is 0 Å². The van der Waals surface area contributed by atoms with E-state index in [1.807, 2.05) is 19.2 Å². The molecular formula is C13H19N3O2. The first-order chi connectivity index (χ1) is 8.70. The number of benzene rings is 1. The van der Waals surface area contributed by atoms with Crippen molar-refractivity contribution in [3.8, 4) is 0 Å². The van der Waals surface area contributed by atoms with Crippen LogP contribution in [0, 0.1) is 10.1 Å². The fraction of sp³-hybridized carbons (Fsp3) is 0.538. The number of likely N-dealkylation sites (tertiary alicyclic amines) is 1. The molecule has 1 N–H and O–H groups in total. The topological polar surface area (TPSA) is 58.4 Å². The van der Waals surface area contributed by atoms with Crippen LogP contribution in [-0.2, 0) is 6.54 Å². The van der Waals surface area contributed by atoms with Gasteiger partial charge in [-0.2, -0.15) is 0 Å². The molecule has 98 valence electrons. The molecule has 0 radical (unpaired) electrons. The minimum absolute atomic E-state index is 0.226. The number of nitrogens with zero attached hydrogens (tertiary/aromatic N) is 2. The third-order valence-corrected chi connectivity index (χ3v) is 3.50. The summed E-state index contributed by atoms with van der Waals surface area (Å²) >= 11 is 0. The van der Waals surface area contributed by atoms with Gasteiger partial charge in [0.25, 0.3) is 5.69 Å². The second-order valence-electron chi connectivity index (χ2n) is 4.75. The van der Waals surface area contributed by atoms with E-state index in [1.165, 1.54) is 6.42 Å². The van der Waals surface area contributed by atoms with Crippen molar-refractivity contribution in [2.75, 3.05) is 20.1 Å². The van der Waals surface area contributed by atoms with Crippen molar-refractivity contribution in [3.63, 3.8) is 0 Å². The van der Waals surface area contributed by atoms with Crippen LogP contribution in [0.2, 0.25) is 0 Å². The van der Waals surface area contributed by atoms with Gasteiger partial charge in [-0.3, -0.25) is 15.0 Å². The highest BCUT2D eigenvalue weighted by Crippen LogP contribution is 2.21. The van der Waals surface area contributed by atoms with E-state index < -0.39 is 0 Å². The zero-order valence-electron chi connectivity index (χ0n) is 10.6. The summed E-state index contributed by atoms with van der Waals surface area (Å²) in [6.07, 6.45) is 2.33. The van der Waals surface area contributed by atoms with Crippen LogP contribution in [0.1, 0.15) is 18.4 Å². The highest BCUT2D eigenvalue weighted by molar-refractivity contribution is 5.39. The maximum Gasteiger partial charge on any atom is 0.273 e. The van der Waals surface area contributed by atoms with E-state index in [0.717, 1.165) is 25.1 Å². The van der Waals surface area contributed by atoms with E-state index in [2.05, 4.69) is 10.2 Å². The van der Waals surface area contributed by atoms with Crippen LogP contribution in [0.15, 0.2) is 24.3 Å². The van der Waals surface area contributed by atoms with Crippen molar-refractivity contribution in [3.05, 3.63) is 39.9 Å². The Hall–Kier alpha value is -1.46. The second-order valence-corrected chi connectivity index (χ2v) is 4.75. The molecule has 1 aliphatic heterocycles. The zero-order valence-corrected chi connectivity index (χ0v) is 10.6. The SMILES string of the molecule is CNC1CCCN(Cc2ccccc2[N+](=O)[O-])C1. The molecule has 0 aromatic heterocycles. The highest BCUT2D eigenvalue weighted by atomic mass is 16.6. The lowest BCUT2D eigenvalue weighted by atomic mass is 10.0. The monoisotopic (exact) mass is 249 g/mol. The number of hydrogen-bond acceptors (Lipinski definition) is 4. The first-order valence-corrected chi connectivity index (χ1v) is 6.32. The predicted octanol–water partition coefficient (Wildman–Crippen LogP) is 1.78. The van der Waals surface area contributed by atoms with Crippen LogP contribution < -0.4 is 5.32 Å². The molecule has 1 heterocycles. The summed E-state index contributed by atoms with van der Waals surface area (Å²) in [7, 11) is 1.97. The molecule has 5 nitrogen and oxygen atoms in total. The van der Waals surface area contributed by atoms with Crippen LogP contribution >= 0.6 is 0 Å². The summed E-state index contributed by atoms with van der Waals surface area (Å²) in [6, 6.07) is 7.51. The fourth-order valence-electron chi connectivity index (χ4n) is 2.50. The number of likely N-dealkylation sites (N-methyl/N-ethyl adjacent to an activating group) is 1. The van der Waals surface area contributed by atoms with Gasteiger partial charge in [0.2, 0.25) is 0 Å². The van der Waals surface area contributed by atoms with Crippen molar-refractivity contribution < 1.29 is 4.92 Å². The van der Waals surface area contributed by atoms with Gasteiger partial charge >= 0.3 is 0 Å². The molecule has 2 rings (SSSR count). The van der Waals surface area contributed by atoms with Gasteiger partial charge in [-0.05, 0) is 26.4 Å². The van der Waals surface area contributed by atoms with Crippen molar-refractivity contribution in [2.45, 2.75) is 25.4 Å². The van der Waals surface area contributed by atoms with Crippen molar-refractivity contribution in [2.24, 2.45) is 0 Å². The fourth-order valence-corrected chi connectivity index (χ4v) is 2.50. The number of nitrogens with one attached hydrogen (secondary N) is 1. The first kappa shape index (κ1) is 13.0. The molecular weight excluding hydrogens is 230 g/mol. The number of hydrogen-bond donors (Lipinski definition) is 1. The molecule has 0 amide bonds. The smallest absolute Gasteiger partial charge is 0.273 e. The summed E-state index contributed by atoms with van der Waals surface area (Å²) in [6.45, 7) is 2.64. The minimum atomic E-state index is -0.297. The number of nitro groups is 1. The van der Waals surface area contributed by atoms with Crippen LogP contribution in [0.25, 0.3) is 0 Å². The maximum atomic E-state index is 11.0. The van der Waals surface area contributed by atoms with Gasteiger partial charge in [0.1, 0.15) is 0 Å². The quantitative estimate of drug-likeness (QED) is 0.652. The van der Waals surface area contributed by atoms with E-state index in [1.54, 1.807) is 12.1 Å². The average molecular weight is 249 g/mol. The number of rotatable bonds is 4. The van der Waals surface area contributed by atoms with Crippen LogP contribution in [0.5, 0.6) is 0 Å². The van der Waals surface area contributed by atoms with Gasteiger partial charge in [0.05, 0.1) is 4.92 Å². The molecule has 1 aliphatic rings. The largest absolute Gasteiger partial charge is 0.316 e. The van der Waals surface area contributed by atoms with Gasteiger partial charge in [0, 0.05) is 30.8 Å². The molecule has 0 spiro atoms. The van der Waals surface area contributed by atoms with E-state index in [-0.39, 0.29) is 10.6 Å². The molecule has 1 unspecified atom stereocenters. The summed E-state index contributed by atoms with van der Waals surface area (Å²) in [4.78, 5) is 12.9. The molecule has 5 heteroatoms. The summed E-state index contributed by atoms with van der Waals surface area (Å²) < 4.78 is 0. The van der Waals surface area contributed by atoms with Crippen LogP contribution in [0.3, 0.4) is 0 Å². The summed E-state index contributed by atoms with van der Waals surface area (Å²) in [5.41, 5.74) is 1.03. The Morgan fingerprint density at radius 2 is 2.28 bits per heavy atom. The molecule has 1 aromatic rings. The summed E-state index contributed by atoms with van der Waals surface area (Å²) in [5, 5.41) is 14.2. The molecule has 0 saturated carbocycles. The molecule has 1 fully saturated rings. The molecule has 1 aromatic carbocycles. The number of piperidine rings is 1. The average Bonchev–Trinajstić information content (AvgIpc) is 2.39. The van der Waals surface area contributed by atoms with Crippen LogP contribution in [-0.4, -0.2) is 36.0 Å². The van der Waals surface area contributed by atoms with E-state index in [4.69, 9.17) is 0 Å². The lowest BCUT2D eigenvalue weighted by molar-refractivity contribution is -0.385. The Morgan fingerprint density at radius 3 is 3.00 bits per heavy atom. The zero-order chi connectivity index (χ0) is 13.0. The van der Waals surface area contributed by atoms with Gasteiger partial charge in [-0.15, -0.1) is 0 Å². The van der Waals surface area contributed by atoms with Crippen molar-refractivity contribution >= 4 is 5.69 Å². The standard InChI is InChI=1S/C13H19N3O2/c1-14-12-6-4-8-15(10-12)9-11-5-2-3-7-13(11)16(17)18/h2-3,5,7,12,14H,4,6,8-10H2,1H3. The second kappa shape index (κ2) is 5.93. The molecule has 18 heavy (non-hydrogen) atoms. The van der Waals surface area contributed by atoms with E-state index in [0.29, 0.717) is 12.6 Å². The Morgan fingerprint density at radius 1 is 1.50 bits per heavy atom. The van der Waals surface area contributed by atoms with Crippen molar-refractivity contribution in [1.29, 1.82) is 0 Å². The molecule has 1 saturated heterocycles. The molecule has 0 aliphatic carbocycles. The third-order valence-electron chi connectivity index (χ3n) is 3.50. The van der Waals surface area contributed by atoms with Crippen LogP contribution in [0.4, 0.5) is 5.69 Å². The normalized spacial score (nSPS) is 20.8. The maximum absolute atomic E-state index is 11.0. The Labute approximate surface area is 107 Å². The lowest BCUT2D eigenvalue weighted by Gasteiger charge is -2.32. The molecule has 1 atom stereocenters. The number of nitro benzene ring substituents is 1. The van der Waals surface area contributed by atoms with Gasteiger partial charge < -0.3 is 5.32 Å². The van der Waals surface area contributed by atoms with Gasteiger partial charge in [0.15, 0.2) is 0 Å². The van der Waals surface area contributed by atoms with E-state index >= 15 is 0 Å². The Kier molecular flexibility index (Phi) is 4.28. The lowest BCUT2D eigenvalue weighted by Crippen LogP contribution is -2.43. The summed E-state index contributed by atoms with van der Waals surface area (Å²) in [5.74, 6) is 0. The predicted molar refractivity (Wildman–Crippen MR) is 70.5 cm³/mol. The first-order valence-electron chi connectivity index (χ1n) is 6.32. The van der Waals surface area contributed by atoms with Gasteiger partial charge in [-0.1, -0.05) is 18.2 Å². The molecule has 0 bridgehead atoms. The minimum Gasteiger partial charge on any atom is -0.316 e. The third kappa shape index (κ3) is 3.05. The van der Waals surface area contributed by atoms with Crippen molar-refractivity contribution in [1.82, 2.24) is 10.2 Å².